The number of ether oxygens (including phenoxy) is 1. The van der Waals surface area contributed by atoms with Crippen LogP contribution in [0.15, 0.2) is 96.4 Å². The highest BCUT2D eigenvalue weighted by Crippen LogP contribution is 2.42. The molecular formula is C27H26N2O4S. The van der Waals surface area contributed by atoms with Gasteiger partial charge in [0.15, 0.2) is 4.91 Å². The topological polar surface area (TPSA) is 75.7 Å². The number of carbonyl (C=O) groups is 1. The van der Waals surface area contributed by atoms with E-state index in [1.807, 2.05) is 61.5 Å². The highest BCUT2D eigenvalue weighted by atomic mass is 32.2. The largest absolute Gasteiger partial charge is 0.492 e. The van der Waals surface area contributed by atoms with Crippen molar-refractivity contribution in [3.8, 4) is 5.75 Å². The first-order chi connectivity index (χ1) is 16.4. The van der Waals surface area contributed by atoms with E-state index in [1.54, 1.807) is 24.3 Å². The minimum atomic E-state index is -4.14. The molecule has 1 aliphatic rings. The monoisotopic (exact) mass is 474 g/mol. The zero-order valence-electron chi connectivity index (χ0n) is 18.9. The molecule has 0 fully saturated rings. The number of para-hydroxylation sites is 1. The first-order valence-electron chi connectivity index (χ1n) is 10.9. The van der Waals surface area contributed by atoms with Crippen molar-refractivity contribution < 1.29 is 17.9 Å². The molecule has 0 spiro atoms. The lowest BCUT2D eigenvalue weighted by Crippen LogP contribution is -2.42. The molecule has 1 amide bonds. The van der Waals surface area contributed by atoms with Crippen LogP contribution in [0.5, 0.6) is 5.75 Å². The number of benzene rings is 3. The fourth-order valence-electron chi connectivity index (χ4n) is 3.95. The normalized spacial score (nSPS) is 14.3. The van der Waals surface area contributed by atoms with E-state index in [-0.39, 0.29) is 24.6 Å². The minimum Gasteiger partial charge on any atom is -0.492 e. The number of aryl methyl sites for hydroxylation is 1. The molecule has 0 atom stereocenters. The lowest BCUT2D eigenvalue weighted by Gasteiger charge is -2.32. The van der Waals surface area contributed by atoms with Crippen molar-refractivity contribution in [3.05, 3.63) is 113 Å². The summed E-state index contributed by atoms with van der Waals surface area (Å²) in [5.74, 6) is 0.0186. The maximum atomic E-state index is 13.7. The molecule has 0 radical (unpaired) electrons. The number of nitrogens with zero attached hydrogens (tertiary/aromatic N) is 1. The number of anilines is 1. The van der Waals surface area contributed by atoms with E-state index >= 15 is 0 Å². The van der Waals surface area contributed by atoms with E-state index < -0.39 is 15.9 Å². The van der Waals surface area contributed by atoms with Gasteiger partial charge in [-0.05, 0) is 36.2 Å². The number of carbonyl (C=O) groups excluding carboxylic acids is 1. The fraction of sp³-hybridized carbons (Fsp3) is 0.148. The van der Waals surface area contributed by atoms with Gasteiger partial charge in [-0.1, -0.05) is 66.7 Å². The second kappa shape index (κ2) is 9.97. The molecule has 1 aliphatic heterocycles. The van der Waals surface area contributed by atoms with Crippen LogP contribution in [-0.4, -0.2) is 34.0 Å². The van der Waals surface area contributed by atoms with Gasteiger partial charge < -0.3 is 10.1 Å². The van der Waals surface area contributed by atoms with Crippen molar-refractivity contribution in [1.82, 2.24) is 5.32 Å². The predicted octanol–water partition coefficient (Wildman–Crippen LogP) is 4.29. The van der Waals surface area contributed by atoms with Crippen LogP contribution in [0.2, 0.25) is 0 Å². The van der Waals surface area contributed by atoms with Crippen LogP contribution in [0.25, 0.3) is 5.57 Å². The molecule has 7 heteroatoms. The van der Waals surface area contributed by atoms with Crippen molar-refractivity contribution in [2.24, 2.45) is 0 Å². The molecule has 174 valence electrons. The van der Waals surface area contributed by atoms with E-state index in [1.165, 1.54) is 10.4 Å². The molecule has 0 saturated carbocycles. The van der Waals surface area contributed by atoms with Gasteiger partial charge in [-0.3, -0.25) is 9.10 Å². The summed E-state index contributed by atoms with van der Waals surface area (Å²) in [6, 6.07) is 23.9. The van der Waals surface area contributed by atoms with Crippen LogP contribution in [0, 0.1) is 6.92 Å². The number of hydrogen-bond donors (Lipinski definition) is 1. The number of amides is 1. The number of rotatable bonds is 8. The Kier molecular flexibility index (Phi) is 6.84. The van der Waals surface area contributed by atoms with Gasteiger partial charge in [0, 0.05) is 11.1 Å². The Balaban J connectivity index is 1.70. The molecule has 0 unspecified atom stereocenters. The molecule has 1 N–H and O–H groups in total. The molecule has 0 aromatic heterocycles. The number of fused-ring (bicyclic) bond motifs is 1. The van der Waals surface area contributed by atoms with Crippen LogP contribution >= 0.6 is 0 Å². The average Bonchev–Trinajstić information content (AvgIpc) is 2.83. The molecule has 6 nitrogen and oxygen atoms in total. The first-order valence-corrected chi connectivity index (χ1v) is 12.4. The fourth-order valence-corrected chi connectivity index (χ4v) is 5.68. The van der Waals surface area contributed by atoms with Gasteiger partial charge in [-0.25, -0.2) is 8.42 Å². The van der Waals surface area contributed by atoms with Gasteiger partial charge in [-0.2, -0.15) is 0 Å². The SMILES string of the molecule is C=CCN1c2ccccc2C(c2ccccc2)=C(C(=O)NCCOc2cccc(C)c2)S1(=O)=O. The number of nitrogens with one attached hydrogen (secondary N) is 1. The van der Waals surface area contributed by atoms with Gasteiger partial charge in [0.2, 0.25) is 0 Å². The lowest BCUT2D eigenvalue weighted by atomic mass is 9.95. The molecule has 34 heavy (non-hydrogen) atoms. The molecule has 0 bridgehead atoms. The third-order valence-electron chi connectivity index (χ3n) is 5.43. The van der Waals surface area contributed by atoms with Crippen molar-refractivity contribution >= 4 is 27.2 Å². The van der Waals surface area contributed by atoms with Crippen LogP contribution in [0.1, 0.15) is 16.7 Å². The second-order valence-electron chi connectivity index (χ2n) is 7.83. The summed E-state index contributed by atoms with van der Waals surface area (Å²) in [6.07, 6.45) is 1.51. The molecular weight excluding hydrogens is 448 g/mol. The minimum absolute atomic E-state index is 0.0503. The zero-order valence-corrected chi connectivity index (χ0v) is 19.7. The van der Waals surface area contributed by atoms with Crippen LogP contribution < -0.4 is 14.4 Å². The Morgan fingerprint density at radius 2 is 1.76 bits per heavy atom. The lowest BCUT2D eigenvalue weighted by molar-refractivity contribution is -0.116. The summed E-state index contributed by atoms with van der Waals surface area (Å²) >= 11 is 0. The van der Waals surface area contributed by atoms with E-state index in [2.05, 4.69) is 11.9 Å². The van der Waals surface area contributed by atoms with Crippen LogP contribution in [0.3, 0.4) is 0 Å². The Morgan fingerprint density at radius 3 is 2.50 bits per heavy atom. The van der Waals surface area contributed by atoms with Gasteiger partial charge in [0.25, 0.3) is 15.9 Å². The highest BCUT2D eigenvalue weighted by molar-refractivity contribution is 7.97. The molecule has 4 rings (SSSR count). The Hall–Kier alpha value is -3.84. The smallest absolute Gasteiger partial charge is 0.270 e. The first kappa shape index (κ1) is 23.3. The molecule has 0 aliphatic carbocycles. The van der Waals surface area contributed by atoms with Gasteiger partial charge in [0.1, 0.15) is 12.4 Å². The van der Waals surface area contributed by atoms with E-state index in [4.69, 9.17) is 4.74 Å². The average molecular weight is 475 g/mol. The Bertz CT molecular complexity index is 1350. The molecule has 1 heterocycles. The maximum Gasteiger partial charge on any atom is 0.270 e. The number of hydrogen-bond acceptors (Lipinski definition) is 4. The number of sulfonamides is 1. The van der Waals surface area contributed by atoms with E-state index in [0.717, 1.165) is 5.56 Å². The quantitative estimate of drug-likeness (QED) is 0.391. The highest BCUT2D eigenvalue weighted by Gasteiger charge is 2.40. The second-order valence-corrected chi connectivity index (χ2v) is 9.63. The third kappa shape index (κ3) is 4.61. The summed E-state index contributed by atoms with van der Waals surface area (Å²) in [5, 5.41) is 2.73. The van der Waals surface area contributed by atoms with Crippen molar-refractivity contribution in [1.29, 1.82) is 0 Å². The molecule has 0 saturated heterocycles. The molecule has 3 aromatic rings. The van der Waals surface area contributed by atoms with Crippen LogP contribution in [-0.2, 0) is 14.8 Å². The van der Waals surface area contributed by atoms with Crippen molar-refractivity contribution in [2.45, 2.75) is 6.92 Å². The van der Waals surface area contributed by atoms with Gasteiger partial charge >= 0.3 is 0 Å². The third-order valence-corrected chi connectivity index (χ3v) is 7.26. The molecule has 3 aromatic carbocycles. The Morgan fingerprint density at radius 1 is 1.03 bits per heavy atom. The van der Waals surface area contributed by atoms with Gasteiger partial charge in [-0.15, -0.1) is 6.58 Å². The van der Waals surface area contributed by atoms with Crippen molar-refractivity contribution in [2.75, 3.05) is 24.0 Å². The maximum absolute atomic E-state index is 13.7. The summed E-state index contributed by atoms with van der Waals surface area (Å²) < 4.78 is 34.3. The summed E-state index contributed by atoms with van der Waals surface area (Å²) in [6.45, 7) is 6.07. The van der Waals surface area contributed by atoms with Crippen molar-refractivity contribution in [3.63, 3.8) is 0 Å². The summed E-state index contributed by atoms with van der Waals surface area (Å²) in [4.78, 5) is 13.1. The zero-order chi connectivity index (χ0) is 24.1. The standard InChI is InChI=1S/C27H26N2O4S/c1-3-17-29-24-15-8-7-14-23(24)25(21-11-5-4-6-12-21)26(34(29,31)32)27(30)28-16-18-33-22-13-9-10-20(2)19-22/h3-15,19H,1,16-18H2,2H3,(H,28,30). The van der Waals surface area contributed by atoms with E-state index in [0.29, 0.717) is 28.1 Å². The summed E-state index contributed by atoms with van der Waals surface area (Å²) in [5.41, 5.74) is 3.28. The summed E-state index contributed by atoms with van der Waals surface area (Å²) in [7, 11) is -4.14. The van der Waals surface area contributed by atoms with Gasteiger partial charge in [0.05, 0.1) is 18.8 Å². The Labute approximate surface area is 200 Å². The predicted molar refractivity (Wildman–Crippen MR) is 135 cm³/mol. The van der Waals surface area contributed by atoms with E-state index in [9.17, 15) is 13.2 Å². The van der Waals surface area contributed by atoms with Crippen LogP contribution in [0.4, 0.5) is 5.69 Å².